The summed E-state index contributed by atoms with van der Waals surface area (Å²) in [7, 11) is 1.61. The number of aromatic nitrogens is 5. The van der Waals surface area contributed by atoms with Crippen LogP contribution in [0.2, 0.25) is 0 Å². The summed E-state index contributed by atoms with van der Waals surface area (Å²) >= 11 is 0. The predicted octanol–water partition coefficient (Wildman–Crippen LogP) is -0.140. The summed E-state index contributed by atoms with van der Waals surface area (Å²) in [6.45, 7) is 1.05. The van der Waals surface area contributed by atoms with Gasteiger partial charge in [-0.1, -0.05) is 17.3 Å². The second kappa shape index (κ2) is 6.75. The van der Waals surface area contributed by atoms with E-state index in [4.69, 9.17) is 0 Å². The molecule has 0 unspecified atom stereocenters. The first-order valence-corrected chi connectivity index (χ1v) is 8.69. The largest absolute Gasteiger partial charge is 0.338 e. The van der Waals surface area contributed by atoms with Crippen LogP contribution >= 0.6 is 0 Å². The third-order valence-electron chi connectivity index (χ3n) is 4.76. The molecule has 1 aliphatic rings. The van der Waals surface area contributed by atoms with Crippen LogP contribution in [0.15, 0.2) is 39.9 Å². The zero-order valence-corrected chi connectivity index (χ0v) is 14.8. The van der Waals surface area contributed by atoms with Gasteiger partial charge in [-0.05, 0) is 12.1 Å². The van der Waals surface area contributed by atoms with Crippen LogP contribution in [0.3, 0.4) is 0 Å². The molecule has 0 radical (unpaired) electrons. The second-order valence-corrected chi connectivity index (χ2v) is 6.53. The van der Waals surface area contributed by atoms with Crippen LogP contribution < -0.4 is 11.1 Å². The van der Waals surface area contributed by atoms with Gasteiger partial charge in [-0.15, -0.1) is 5.10 Å². The lowest BCUT2D eigenvalue weighted by Gasteiger charge is -2.28. The van der Waals surface area contributed by atoms with Crippen molar-refractivity contribution in [1.82, 2.24) is 29.7 Å². The molecule has 0 saturated carbocycles. The van der Waals surface area contributed by atoms with E-state index in [2.05, 4.69) is 15.4 Å². The van der Waals surface area contributed by atoms with Gasteiger partial charge in [-0.25, -0.2) is 9.36 Å². The lowest BCUT2D eigenvalue weighted by molar-refractivity contribution is -0.132. The van der Waals surface area contributed by atoms with E-state index in [0.29, 0.717) is 30.4 Å². The lowest BCUT2D eigenvalue weighted by Crippen LogP contribution is -2.39. The van der Waals surface area contributed by atoms with Crippen LogP contribution in [0.5, 0.6) is 0 Å². The summed E-state index contributed by atoms with van der Waals surface area (Å²) in [4.78, 5) is 38.5. The standard InChI is InChI=1S/C18H18N6O3/c1-22-17(26)10-12-11-23(8-6-14(12)20-22)16(25)7-9-24-18(27)13-4-2-3-5-15(13)19-21-24/h2-5,10H,6-9,11H2,1H3. The molecule has 0 fully saturated rings. The molecule has 3 aromatic rings. The molecule has 2 aromatic heterocycles. The van der Waals surface area contributed by atoms with Gasteiger partial charge in [0.2, 0.25) is 5.91 Å². The lowest BCUT2D eigenvalue weighted by atomic mass is 10.1. The molecule has 0 bridgehead atoms. The van der Waals surface area contributed by atoms with Crippen molar-refractivity contribution >= 4 is 16.8 Å². The van der Waals surface area contributed by atoms with Gasteiger partial charge in [0.1, 0.15) is 5.52 Å². The van der Waals surface area contributed by atoms with Gasteiger partial charge in [0.15, 0.2) is 0 Å². The third-order valence-corrected chi connectivity index (χ3v) is 4.76. The summed E-state index contributed by atoms with van der Waals surface area (Å²) in [5.74, 6) is -0.0943. The Morgan fingerprint density at radius 1 is 1.22 bits per heavy atom. The molecule has 0 atom stereocenters. The van der Waals surface area contributed by atoms with Gasteiger partial charge in [0.25, 0.3) is 11.1 Å². The number of benzene rings is 1. The number of hydrogen-bond donors (Lipinski definition) is 0. The second-order valence-electron chi connectivity index (χ2n) is 6.53. The Morgan fingerprint density at radius 2 is 2.04 bits per heavy atom. The highest BCUT2D eigenvalue weighted by atomic mass is 16.2. The van der Waals surface area contributed by atoms with E-state index in [1.807, 2.05) is 0 Å². The Labute approximate surface area is 153 Å². The first-order valence-electron chi connectivity index (χ1n) is 8.69. The zero-order valence-electron chi connectivity index (χ0n) is 14.8. The topological polar surface area (TPSA) is 103 Å². The van der Waals surface area contributed by atoms with Crippen molar-refractivity contribution in [3.63, 3.8) is 0 Å². The van der Waals surface area contributed by atoms with Gasteiger partial charge in [0.05, 0.1) is 17.6 Å². The van der Waals surface area contributed by atoms with Gasteiger partial charge in [0, 0.05) is 44.6 Å². The highest BCUT2D eigenvalue weighted by Crippen LogP contribution is 2.16. The van der Waals surface area contributed by atoms with E-state index in [9.17, 15) is 14.4 Å². The minimum Gasteiger partial charge on any atom is -0.338 e. The van der Waals surface area contributed by atoms with Crippen molar-refractivity contribution in [2.45, 2.75) is 25.9 Å². The fourth-order valence-corrected chi connectivity index (χ4v) is 3.24. The summed E-state index contributed by atoms with van der Waals surface area (Å²) in [6.07, 6.45) is 0.742. The molecule has 1 aromatic carbocycles. The Hall–Kier alpha value is -3.36. The molecule has 0 saturated heterocycles. The molecule has 0 N–H and O–H groups in total. The van der Waals surface area contributed by atoms with Crippen LogP contribution in [-0.2, 0) is 31.4 Å². The van der Waals surface area contributed by atoms with Crippen LogP contribution in [0.1, 0.15) is 17.7 Å². The fraction of sp³-hybridized carbons (Fsp3) is 0.333. The SMILES string of the molecule is Cn1nc2c(cc1=O)CN(C(=O)CCn1nnc3ccccc3c1=O)CC2. The zero-order chi connectivity index (χ0) is 19.0. The highest BCUT2D eigenvalue weighted by molar-refractivity contribution is 5.77. The first-order chi connectivity index (χ1) is 13.0. The fourth-order valence-electron chi connectivity index (χ4n) is 3.24. The number of rotatable bonds is 3. The van der Waals surface area contributed by atoms with Crippen LogP contribution in [0, 0.1) is 0 Å². The summed E-state index contributed by atoms with van der Waals surface area (Å²) in [5, 5.41) is 12.7. The van der Waals surface area contributed by atoms with Gasteiger partial charge < -0.3 is 4.90 Å². The van der Waals surface area contributed by atoms with Crippen molar-refractivity contribution in [3.05, 3.63) is 62.3 Å². The van der Waals surface area contributed by atoms with E-state index in [1.165, 1.54) is 15.4 Å². The maximum Gasteiger partial charge on any atom is 0.277 e. The Bertz CT molecular complexity index is 1150. The van der Waals surface area contributed by atoms with E-state index in [-0.39, 0.29) is 30.0 Å². The minimum absolute atomic E-state index is 0.0943. The van der Waals surface area contributed by atoms with Crippen molar-refractivity contribution in [2.75, 3.05) is 6.54 Å². The molecule has 9 heteroatoms. The molecular formula is C18H18N6O3. The molecule has 3 heterocycles. The number of aryl methyl sites for hydroxylation is 2. The molecule has 0 aliphatic carbocycles. The Kier molecular flexibility index (Phi) is 4.27. The molecule has 27 heavy (non-hydrogen) atoms. The predicted molar refractivity (Wildman–Crippen MR) is 97.0 cm³/mol. The number of carbonyl (C=O) groups is 1. The molecule has 138 valence electrons. The number of nitrogens with zero attached hydrogens (tertiary/aromatic N) is 6. The quantitative estimate of drug-likeness (QED) is 0.639. The average Bonchev–Trinajstić information content (AvgIpc) is 2.68. The first kappa shape index (κ1) is 17.1. The van der Waals surface area contributed by atoms with E-state index >= 15 is 0 Å². The van der Waals surface area contributed by atoms with Gasteiger partial charge >= 0.3 is 0 Å². The molecule has 4 rings (SSSR count). The highest BCUT2D eigenvalue weighted by Gasteiger charge is 2.22. The third kappa shape index (κ3) is 3.23. The Morgan fingerprint density at radius 3 is 2.89 bits per heavy atom. The molecule has 9 nitrogen and oxygen atoms in total. The van der Waals surface area contributed by atoms with Crippen LogP contribution in [0.25, 0.3) is 10.9 Å². The number of fused-ring (bicyclic) bond motifs is 2. The maximum absolute atomic E-state index is 12.6. The van der Waals surface area contributed by atoms with E-state index < -0.39 is 0 Å². The van der Waals surface area contributed by atoms with Crippen molar-refractivity contribution < 1.29 is 4.79 Å². The van der Waals surface area contributed by atoms with Crippen molar-refractivity contribution in [2.24, 2.45) is 7.05 Å². The molecular weight excluding hydrogens is 348 g/mol. The average molecular weight is 366 g/mol. The number of amides is 1. The van der Waals surface area contributed by atoms with E-state index in [1.54, 1.807) is 36.2 Å². The molecule has 1 amide bonds. The number of hydrogen-bond acceptors (Lipinski definition) is 6. The number of carbonyl (C=O) groups excluding carboxylic acids is 1. The minimum atomic E-state index is -0.259. The summed E-state index contributed by atoms with van der Waals surface area (Å²) < 4.78 is 2.52. The van der Waals surface area contributed by atoms with Gasteiger partial charge in [-0.2, -0.15) is 5.10 Å². The maximum atomic E-state index is 12.6. The Balaban J connectivity index is 1.47. The normalized spacial score (nSPS) is 13.6. The summed E-state index contributed by atoms with van der Waals surface area (Å²) in [5.41, 5.74) is 1.70. The summed E-state index contributed by atoms with van der Waals surface area (Å²) in [6, 6.07) is 8.51. The van der Waals surface area contributed by atoms with Crippen LogP contribution in [0.4, 0.5) is 0 Å². The monoisotopic (exact) mass is 366 g/mol. The van der Waals surface area contributed by atoms with Crippen molar-refractivity contribution in [3.8, 4) is 0 Å². The van der Waals surface area contributed by atoms with Crippen LogP contribution in [-0.4, -0.2) is 42.1 Å². The van der Waals surface area contributed by atoms with Crippen molar-refractivity contribution in [1.29, 1.82) is 0 Å². The van der Waals surface area contributed by atoms with Gasteiger partial charge in [-0.3, -0.25) is 14.4 Å². The van der Waals surface area contributed by atoms with E-state index in [0.717, 1.165) is 11.3 Å². The smallest absolute Gasteiger partial charge is 0.277 e. The molecule has 0 spiro atoms. The molecule has 1 aliphatic heterocycles.